The molecule has 26 heavy (non-hydrogen) atoms. The monoisotopic (exact) mass is 358 g/mol. The van der Waals surface area contributed by atoms with E-state index in [-0.39, 0.29) is 5.91 Å². The van der Waals surface area contributed by atoms with Crippen molar-refractivity contribution in [1.82, 2.24) is 9.80 Å². The fourth-order valence-electron chi connectivity index (χ4n) is 4.92. The summed E-state index contributed by atoms with van der Waals surface area (Å²) in [5.41, 5.74) is 0.574. The van der Waals surface area contributed by atoms with Gasteiger partial charge in [0.25, 0.3) is 5.91 Å². The number of nitrogens with zero attached hydrogens (tertiary/aromatic N) is 2. The van der Waals surface area contributed by atoms with Crippen LogP contribution in [0.2, 0.25) is 0 Å². The summed E-state index contributed by atoms with van der Waals surface area (Å²) in [6, 6.07) is 5.63. The first-order valence-corrected chi connectivity index (χ1v) is 9.41. The Labute approximate surface area is 154 Å². The van der Waals surface area contributed by atoms with Crippen molar-refractivity contribution in [3.8, 4) is 11.5 Å². The van der Waals surface area contributed by atoms with Crippen LogP contribution in [-0.2, 0) is 4.79 Å². The van der Waals surface area contributed by atoms with E-state index in [1.54, 1.807) is 32.4 Å². The largest absolute Gasteiger partial charge is 0.497 e. The van der Waals surface area contributed by atoms with Gasteiger partial charge < -0.3 is 19.3 Å². The van der Waals surface area contributed by atoms with Gasteiger partial charge in [0.1, 0.15) is 11.5 Å². The number of hydrogen-bond acceptors (Lipinski definition) is 4. The lowest BCUT2D eigenvalue weighted by Crippen LogP contribution is -2.61. The van der Waals surface area contributed by atoms with Crippen LogP contribution < -0.4 is 9.47 Å². The first-order valence-electron chi connectivity index (χ1n) is 9.41. The van der Waals surface area contributed by atoms with E-state index in [0.29, 0.717) is 53.8 Å². The van der Waals surface area contributed by atoms with E-state index in [4.69, 9.17) is 9.47 Å². The third-order valence-electron chi connectivity index (χ3n) is 6.11. The normalized spacial score (nSPS) is 27.8. The molecule has 0 spiro atoms. The molecule has 4 rings (SSSR count). The van der Waals surface area contributed by atoms with Crippen LogP contribution in [0.25, 0.3) is 0 Å². The summed E-state index contributed by atoms with van der Waals surface area (Å²) in [4.78, 5) is 29.5. The molecule has 3 atom stereocenters. The molecule has 0 N–H and O–H groups in total. The van der Waals surface area contributed by atoms with E-state index < -0.39 is 0 Å². The van der Waals surface area contributed by atoms with Crippen molar-refractivity contribution in [2.45, 2.75) is 31.7 Å². The van der Waals surface area contributed by atoms with Gasteiger partial charge in [0.2, 0.25) is 5.91 Å². The zero-order valence-corrected chi connectivity index (χ0v) is 15.4. The molecule has 2 amide bonds. The summed E-state index contributed by atoms with van der Waals surface area (Å²) in [5, 5.41) is 0. The van der Waals surface area contributed by atoms with Crippen LogP contribution in [0.5, 0.6) is 11.5 Å². The quantitative estimate of drug-likeness (QED) is 0.831. The zero-order valence-electron chi connectivity index (χ0n) is 15.4. The molecule has 6 nitrogen and oxygen atoms in total. The predicted octanol–water partition coefficient (Wildman–Crippen LogP) is 2.18. The minimum absolute atomic E-state index is 0.00906. The number of methoxy groups -OCH3 is 2. The van der Waals surface area contributed by atoms with Crippen LogP contribution in [0.3, 0.4) is 0 Å². The standard InChI is InChI=1S/C20H26N2O4/c1-25-15-6-7-16(18(9-15)26-2)20(24)21-10-13-8-14(12-21)17-4-3-5-19(23)22(17)11-13/h6-7,9,13-14,17H,3-5,8,10-12H2,1-2H3/t13-,14-,17-/m1/s1. The van der Waals surface area contributed by atoms with Crippen molar-refractivity contribution >= 4 is 11.8 Å². The maximum atomic E-state index is 13.2. The lowest BCUT2D eigenvalue weighted by molar-refractivity contribution is -0.144. The van der Waals surface area contributed by atoms with E-state index in [1.165, 1.54) is 0 Å². The zero-order chi connectivity index (χ0) is 18.3. The van der Waals surface area contributed by atoms with Crippen LogP contribution in [0.1, 0.15) is 36.0 Å². The Kier molecular flexibility index (Phi) is 4.51. The van der Waals surface area contributed by atoms with Crippen molar-refractivity contribution in [3.63, 3.8) is 0 Å². The SMILES string of the molecule is COc1ccc(C(=O)N2C[C@H]3C[C@H](C2)[C@H]2CCCC(=O)N2C3)c(OC)c1. The minimum Gasteiger partial charge on any atom is -0.497 e. The van der Waals surface area contributed by atoms with E-state index in [2.05, 4.69) is 4.90 Å². The van der Waals surface area contributed by atoms with Gasteiger partial charge in [-0.25, -0.2) is 0 Å². The summed E-state index contributed by atoms with van der Waals surface area (Å²) in [6.07, 6.45) is 3.85. The minimum atomic E-state index is 0.00906. The summed E-state index contributed by atoms with van der Waals surface area (Å²) in [6.45, 7) is 2.23. The van der Waals surface area contributed by atoms with Gasteiger partial charge in [-0.2, -0.15) is 0 Å². The Hall–Kier alpha value is -2.24. The van der Waals surface area contributed by atoms with Gasteiger partial charge in [0.15, 0.2) is 0 Å². The topological polar surface area (TPSA) is 59.1 Å². The molecule has 3 heterocycles. The third-order valence-corrected chi connectivity index (χ3v) is 6.11. The highest BCUT2D eigenvalue weighted by Crippen LogP contribution is 2.38. The van der Waals surface area contributed by atoms with Crippen LogP contribution in [0.4, 0.5) is 0 Å². The molecule has 0 saturated carbocycles. The molecule has 3 aliphatic heterocycles. The van der Waals surface area contributed by atoms with Gasteiger partial charge in [-0.1, -0.05) is 0 Å². The van der Waals surface area contributed by atoms with Gasteiger partial charge in [-0.15, -0.1) is 0 Å². The van der Waals surface area contributed by atoms with Crippen LogP contribution >= 0.6 is 0 Å². The van der Waals surface area contributed by atoms with Gasteiger partial charge in [0, 0.05) is 38.2 Å². The Bertz CT molecular complexity index is 720. The highest BCUT2D eigenvalue weighted by atomic mass is 16.5. The Morgan fingerprint density at radius 2 is 2.00 bits per heavy atom. The molecule has 0 radical (unpaired) electrons. The van der Waals surface area contributed by atoms with E-state index >= 15 is 0 Å². The second-order valence-electron chi connectivity index (χ2n) is 7.64. The average Bonchev–Trinajstić information content (AvgIpc) is 2.67. The summed E-state index contributed by atoms with van der Waals surface area (Å²) < 4.78 is 10.6. The maximum absolute atomic E-state index is 13.2. The second kappa shape index (κ2) is 6.82. The smallest absolute Gasteiger partial charge is 0.257 e. The lowest BCUT2D eigenvalue weighted by atomic mass is 9.76. The highest BCUT2D eigenvalue weighted by molar-refractivity contribution is 5.97. The molecular formula is C20H26N2O4. The van der Waals surface area contributed by atoms with Crippen molar-refractivity contribution < 1.29 is 19.1 Å². The van der Waals surface area contributed by atoms with Gasteiger partial charge in [-0.05, 0) is 43.2 Å². The number of hydrogen-bond donors (Lipinski definition) is 0. The first-order chi connectivity index (χ1) is 12.6. The summed E-state index contributed by atoms with van der Waals surface area (Å²) in [5.74, 6) is 2.28. The van der Waals surface area contributed by atoms with Crippen LogP contribution in [0, 0.1) is 11.8 Å². The Morgan fingerprint density at radius 3 is 2.77 bits per heavy atom. The molecule has 3 saturated heterocycles. The van der Waals surface area contributed by atoms with Crippen molar-refractivity contribution in [2.24, 2.45) is 11.8 Å². The number of rotatable bonds is 3. The lowest BCUT2D eigenvalue weighted by Gasteiger charge is -2.52. The summed E-state index contributed by atoms with van der Waals surface area (Å²) >= 11 is 0. The number of amides is 2. The number of carbonyl (C=O) groups is 2. The number of carbonyl (C=O) groups excluding carboxylic acids is 2. The average molecular weight is 358 g/mol. The number of ether oxygens (including phenoxy) is 2. The molecule has 0 aliphatic carbocycles. The van der Waals surface area contributed by atoms with Crippen LogP contribution in [-0.4, -0.2) is 61.5 Å². The summed E-state index contributed by atoms with van der Waals surface area (Å²) in [7, 11) is 3.17. The molecule has 2 bridgehead atoms. The molecule has 0 unspecified atom stereocenters. The van der Waals surface area contributed by atoms with E-state index in [9.17, 15) is 9.59 Å². The van der Waals surface area contributed by atoms with Crippen LogP contribution in [0.15, 0.2) is 18.2 Å². The van der Waals surface area contributed by atoms with Gasteiger partial charge in [-0.3, -0.25) is 9.59 Å². The fourth-order valence-corrected chi connectivity index (χ4v) is 4.92. The van der Waals surface area contributed by atoms with Crippen molar-refractivity contribution in [2.75, 3.05) is 33.9 Å². The third kappa shape index (κ3) is 2.91. The number of likely N-dealkylation sites (tertiary alicyclic amines) is 1. The van der Waals surface area contributed by atoms with E-state index in [1.807, 2.05) is 4.90 Å². The van der Waals surface area contributed by atoms with Crippen molar-refractivity contribution in [1.29, 1.82) is 0 Å². The maximum Gasteiger partial charge on any atom is 0.257 e. The first kappa shape index (κ1) is 17.2. The molecular weight excluding hydrogens is 332 g/mol. The Morgan fingerprint density at radius 1 is 1.15 bits per heavy atom. The molecule has 1 aromatic carbocycles. The predicted molar refractivity (Wildman–Crippen MR) is 96.4 cm³/mol. The molecule has 1 aromatic rings. The Balaban J connectivity index is 1.55. The second-order valence-corrected chi connectivity index (χ2v) is 7.64. The van der Waals surface area contributed by atoms with Gasteiger partial charge in [0.05, 0.1) is 19.8 Å². The number of fused-ring (bicyclic) bond motifs is 4. The fraction of sp³-hybridized carbons (Fsp3) is 0.600. The highest BCUT2D eigenvalue weighted by Gasteiger charge is 2.45. The number of piperidine rings is 3. The van der Waals surface area contributed by atoms with E-state index in [0.717, 1.165) is 32.4 Å². The molecule has 140 valence electrons. The number of benzene rings is 1. The van der Waals surface area contributed by atoms with Crippen molar-refractivity contribution in [3.05, 3.63) is 23.8 Å². The van der Waals surface area contributed by atoms with Gasteiger partial charge >= 0.3 is 0 Å². The molecule has 3 aliphatic rings. The molecule has 3 fully saturated rings. The molecule has 0 aromatic heterocycles. The molecule has 6 heteroatoms.